The van der Waals surface area contributed by atoms with Crippen molar-refractivity contribution in [2.24, 2.45) is 0 Å². The van der Waals surface area contributed by atoms with Gasteiger partial charge in [-0.05, 0) is 86.7 Å². The lowest BCUT2D eigenvalue weighted by Gasteiger charge is -2.17. The number of imidazole rings is 1. The van der Waals surface area contributed by atoms with Crippen molar-refractivity contribution in [1.82, 2.24) is 29.5 Å². The summed E-state index contributed by atoms with van der Waals surface area (Å²) in [5, 5.41) is 11.9. The summed E-state index contributed by atoms with van der Waals surface area (Å²) in [4.78, 5) is 4.44. The highest BCUT2D eigenvalue weighted by Crippen LogP contribution is 2.27. The van der Waals surface area contributed by atoms with Gasteiger partial charge in [0.05, 0.1) is 11.9 Å². The van der Waals surface area contributed by atoms with Gasteiger partial charge in [0, 0.05) is 42.8 Å². The fraction of sp³-hybridized carbons (Fsp3) is 0.700. The second-order valence-electron chi connectivity index (χ2n) is 11.7. The minimum Gasteiger partial charge on any atom is -0.332 e. The molecule has 6 heteroatoms. The molecular formula is C30H48N6. The lowest BCUT2D eigenvalue weighted by Crippen LogP contribution is -2.13. The van der Waals surface area contributed by atoms with Crippen LogP contribution in [0.3, 0.4) is 0 Å². The first-order chi connectivity index (χ1) is 17.4. The highest BCUT2D eigenvalue weighted by molar-refractivity contribution is 5.29. The van der Waals surface area contributed by atoms with Crippen LogP contribution in [0.25, 0.3) is 0 Å². The summed E-state index contributed by atoms with van der Waals surface area (Å²) in [6.07, 6.45) is 16.9. The van der Waals surface area contributed by atoms with E-state index in [0.29, 0.717) is 17.8 Å². The predicted molar refractivity (Wildman–Crippen MR) is 148 cm³/mol. The molecule has 2 aliphatic heterocycles. The number of aromatic amines is 1. The molecule has 0 unspecified atom stereocenters. The summed E-state index contributed by atoms with van der Waals surface area (Å²) in [5.74, 6) is 3.12. The first kappa shape index (κ1) is 26.7. The van der Waals surface area contributed by atoms with E-state index in [2.05, 4.69) is 71.1 Å². The van der Waals surface area contributed by atoms with Gasteiger partial charge >= 0.3 is 0 Å². The van der Waals surface area contributed by atoms with E-state index in [0.717, 1.165) is 6.54 Å². The number of aromatic nitrogens is 6. The summed E-state index contributed by atoms with van der Waals surface area (Å²) >= 11 is 0. The van der Waals surface area contributed by atoms with Crippen LogP contribution in [0.5, 0.6) is 0 Å². The summed E-state index contributed by atoms with van der Waals surface area (Å²) in [7, 11) is 0. The molecule has 198 valence electrons. The van der Waals surface area contributed by atoms with Crippen LogP contribution >= 0.6 is 0 Å². The number of rotatable bonds is 3. The summed E-state index contributed by atoms with van der Waals surface area (Å²) < 4.78 is 4.58. The van der Waals surface area contributed by atoms with Gasteiger partial charge in [-0.2, -0.15) is 10.2 Å². The Kier molecular flexibility index (Phi) is 9.08. The normalized spacial score (nSPS) is 16.6. The quantitative estimate of drug-likeness (QED) is 0.424. The molecule has 3 aliphatic rings. The molecule has 1 aliphatic carbocycles. The minimum absolute atomic E-state index is 0.572. The minimum atomic E-state index is 0.572. The van der Waals surface area contributed by atoms with Gasteiger partial charge in [0.25, 0.3) is 0 Å². The van der Waals surface area contributed by atoms with Crippen molar-refractivity contribution in [3.05, 3.63) is 52.1 Å². The zero-order valence-corrected chi connectivity index (χ0v) is 23.6. The van der Waals surface area contributed by atoms with E-state index < -0.39 is 0 Å². The van der Waals surface area contributed by atoms with Crippen LogP contribution in [0.4, 0.5) is 0 Å². The topological polar surface area (TPSA) is 64.3 Å². The molecule has 0 spiro atoms. The fourth-order valence-electron chi connectivity index (χ4n) is 5.81. The molecule has 0 fully saturated rings. The largest absolute Gasteiger partial charge is 0.332 e. The van der Waals surface area contributed by atoms with Gasteiger partial charge in [0.1, 0.15) is 5.82 Å². The van der Waals surface area contributed by atoms with Crippen LogP contribution < -0.4 is 0 Å². The maximum Gasteiger partial charge on any atom is 0.108 e. The average molecular weight is 493 g/mol. The number of hydrogen-bond donors (Lipinski definition) is 1. The zero-order valence-electron chi connectivity index (χ0n) is 23.6. The molecule has 0 aromatic carbocycles. The Bertz CT molecular complexity index is 959. The molecule has 0 bridgehead atoms. The molecule has 36 heavy (non-hydrogen) atoms. The number of aryl methyl sites for hydroxylation is 3. The van der Waals surface area contributed by atoms with Crippen molar-refractivity contribution in [2.45, 2.75) is 137 Å². The SMILES string of the molecule is CC(C)c1cnc2n1CCCC2.CC(C)c1cnn2c1CCCC2.CC(C)c1n[nH]c2c1CCCC2. The van der Waals surface area contributed by atoms with Crippen molar-refractivity contribution < 1.29 is 0 Å². The number of nitrogens with one attached hydrogen (secondary N) is 1. The molecule has 0 saturated heterocycles. The standard InChI is InChI=1S/3C10H16N2/c1-8(2)9-7-11-10-5-3-4-6-12(9)10;1-8(2)9-7-11-12-6-4-3-5-10(9)12;1-7(2)10-8-5-3-4-6-9(8)11-12-10/h2*7-8H,3-6H2,1-2H3;7H,3-6H2,1-2H3,(H,11,12). The highest BCUT2D eigenvalue weighted by Gasteiger charge is 2.18. The van der Waals surface area contributed by atoms with Crippen LogP contribution in [0.1, 0.15) is 138 Å². The Hall–Kier alpha value is -2.37. The smallest absolute Gasteiger partial charge is 0.108 e. The highest BCUT2D eigenvalue weighted by atomic mass is 15.3. The number of hydrogen-bond acceptors (Lipinski definition) is 3. The Morgan fingerprint density at radius 3 is 2.22 bits per heavy atom. The average Bonchev–Trinajstić information content (AvgIpc) is 3.61. The van der Waals surface area contributed by atoms with Crippen molar-refractivity contribution >= 4 is 0 Å². The molecule has 5 heterocycles. The monoisotopic (exact) mass is 492 g/mol. The van der Waals surface area contributed by atoms with Gasteiger partial charge in [0.15, 0.2) is 0 Å². The first-order valence-corrected chi connectivity index (χ1v) is 14.5. The number of H-pyrrole nitrogens is 1. The third kappa shape index (κ3) is 6.12. The lowest BCUT2D eigenvalue weighted by molar-refractivity contribution is 0.483. The molecule has 0 atom stereocenters. The molecule has 6 nitrogen and oxygen atoms in total. The second-order valence-corrected chi connectivity index (χ2v) is 11.7. The molecule has 0 radical (unpaired) electrons. The van der Waals surface area contributed by atoms with Gasteiger partial charge in [-0.1, -0.05) is 41.5 Å². The van der Waals surface area contributed by atoms with Crippen LogP contribution in [0.2, 0.25) is 0 Å². The van der Waals surface area contributed by atoms with Crippen LogP contribution in [-0.2, 0) is 38.8 Å². The van der Waals surface area contributed by atoms with Crippen molar-refractivity contribution in [3.63, 3.8) is 0 Å². The fourth-order valence-corrected chi connectivity index (χ4v) is 5.81. The third-order valence-electron chi connectivity index (χ3n) is 7.86. The first-order valence-electron chi connectivity index (χ1n) is 14.5. The van der Waals surface area contributed by atoms with Crippen LogP contribution in [0, 0.1) is 0 Å². The lowest BCUT2D eigenvalue weighted by atomic mass is 9.93. The number of fused-ring (bicyclic) bond motifs is 3. The van der Waals surface area contributed by atoms with E-state index in [9.17, 15) is 0 Å². The van der Waals surface area contributed by atoms with Crippen LogP contribution in [0.15, 0.2) is 12.4 Å². The Balaban J connectivity index is 0.000000127. The summed E-state index contributed by atoms with van der Waals surface area (Å²) in [6, 6.07) is 0. The maximum absolute atomic E-state index is 4.44. The molecule has 0 amide bonds. The van der Waals surface area contributed by atoms with E-state index in [4.69, 9.17) is 0 Å². The zero-order chi connectivity index (χ0) is 25.7. The predicted octanol–water partition coefficient (Wildman–Crippen LogP) is 7.10. The molecule has 1 N–H and O–H groups in total. The molecule has 6 rings (SSSR count). The van der Waals surface area contributed by atoms with E-state index in [1.807, 2.05) is 12.4 Å². The van der Waals surface area contributed by atoms with Crippen molar-refractivity contribution in [3.8, 4) is 0 Å². The Labute approximate surface area is 218 Å². The Morgan fingerprint density at radius 1 is 0.750 bits per heavy atom. The molecule has 3 aromatic heterocycles. The number of nitrogens with zero attached hydrogens (tertiary/aromatic N) is 5. The van der Waals surface area contributed by atoms with Crippen molar-refractivity contribution in [2.75, 3.05) is 0 Å². The van der Waals surface area contributed by atoms with E-state index in [1.165, 1.54) is 110 Å². The summed E-state index contributed by atoms with van der Waals surface area (Å²) in [5.41, 5.74) is 8.54. The molecule has 0 saturated carbocycles. The Morgan fingerprint density at radius 2 is 1.47 bits per heavy atom. The van der Waals surface area contributed by atoms with E-state index in [1.54, 1.807) is 0 Å². The van der Waals surface area contributed by atoms with Gasteiger partial charge in [-0.15, -0.1) is 0 Å². The van der Waals surface area contributed by atoms with Gasteiger partial charge in [-0.3, -0.25) is 9.78 Å². The molecule has 3 aromatic rings. The van der Waals surface area contributed by atoms with Gasteiger partial charge < -0.3 is 4.57 Å². The maximum atomic E-state index is 4.44. The summed E-state index contributed by atoms with van der Waals surface area (Å²) in [6.45, 7) is 15.7. The van der Waals surface area contributed by atoms with Gasteiger partial charge in [-0.25, -0.2) is 4.98 Å². The van der Waals surface area contributed by atoms with Crippen LogP contribution in [-0.4, -0.2) is 29.5 Å². The van der Waals surface area contributed by atoms with E-state index >= 15 is 0 Å². The van der Waals surface area contributed by atoms with Crippen molar-refractivity contribution in [1.29, 1.82) is 0 Å². The molecular weight excluding hydrogens is 444 g/mol. The third-order valence-corrected chi connectivity index (χ3v) is 7.86. The second kappa shape index (κ2) is 12.2. The van der Waals surface area contributed by atoms with Gasteiger partial charge in [0.2, 0.25) is 0 Å². The van der Waals surface area contributed by atoms with E-state index in [-0.39, 0.29) is 0 Å².